The van der Waals surface area contributed by atoms with Gasteiger partial charge in [-0.1, -0.05) is 39.7 Å². The number of nitrogens with one attached hydrogen (secondary N) is 1. The fourth-order valence-electron chi connectivity index (χ4n) is 1.47. The fourth-order valence-corrected chi connectivity index (χ4v) is 2.06. The number of phenols is 1. The van der Waals surface area contributed by atoms with Gasteiger partial charge < -0.3 is 5.11 Å². The Morgan fingerprint density at radius 1 is 1.30 bits per heavy atom. The molecule has 0 radical (unpaired) electrons. The average Bonchev–Trinajstić information content (AvgIpc) is 2.42. The summed E-state index contributed by atoms with van der Waals surface area (Å²) < 4.78 is 0.929. The van der Waals surface area contributed by atoms with Gasteiger partial charge in [-0.3, -0.25) is 4.79 Å². The van der Waals surface area contributed by atoms with E-state index in [0.29, 0.717) is 5.56 Å². The Bertz CT molecular complexity index is 674. The van der Waals surface area contributed by atoms with Crippen molar-refractivity contribution in [2.45, 2.75) is 0 Å². The molecule has 0 bridgehead atoms. The predicted molar refractivity (Wildman–Crippen MR) is 82.3 cm³/mol. The molecule has 20 heavy (non-hydrogen) atoms. The molecule has 6 heteroatoms. The molecule has 0 saturated carbocycles. The maximum Gasteiger partial charge on any atom is 0.271 e. The zero-order valence-corrected chi connectivity index (χ0v) is 12.5. The highest BCUT2D eigenvalue weighted by molar-refractivity contribution is 9.10. The summed E-state index contributed by atoms with van der Waals surface area (Å²) >= 11 is 9.08. The number of hydrogen-bond donors (Lipinski definition) is 2. The van der Waals surface area contributed by atoms with Gasteiger partial charge in [-0.15, -0.1) is 0 Å². The second kappa shape index (κ2) is 6.54. The summed E-state index contributed by atoms with van der Waals surface area (Å²) in [6.45, 7) is 0. The first-order valence-corrected chi connectivity index (χ1v) is 6.81. The van der Waals surface area contributed by atoms with Crippen LogP contribution in [0, 0.1) is 0 Å². The maximum atomic E-state index is 11.8. The lowest BCUT2D eigenvalue weighted by Gasteiger charge is -2.02. The summed E-state index contributed by atoms with van der Waals surface area (Å²) in [5.74, 6) is -0.473. The second-order valence-corrected chi connectivity index (χ2v) is 5.24. The largest absolute Gasteiger partial charge is 0.506 e. The molecule has 0 saturated heterocycles. The Kier molecular flexibility index (Phi) is 4.76. The smallest absolute Gasteiger partial charge is 0.271 e. The van der Waals surface area contributed by atoms with Crippen molar-refractivity contribution in [3.63, 3.8) is 0 Å². The summed E-state index contributed by atoms with van der Waals surface area (Å²) in [7, 11) is 0. The van der Waals surface area contributed by atoms with Crippen LogP contribution in [0.25, 0.3) is 0 Å². The number of aromatic hydroxyl groups is 1. The van der Waals surface area contributed by atoms with Crippen molar-refractivity contribution in [1.82, 2.24) is 5.43 Å². The Morgan fingerprint density at radius 2 is 2.10 bits per heavy atom. The number of benzene rings is 2. The molecule has 2 rings (SSSR count). The van der Waals surface area contributed by atoms with Crippen LogP contribution in [0.1, 0.15) is 15.9 Å². The second-order valence-electron chi connectivity index (χ2n) is 3.92. The summed E-state index contributed by atoms with van der Waals surface area (Å²) in [5.41, 5.74) is 3.56. The Hall–Kier alpha value is -1.85. The van der Waals surface area contributed by atoms with Gasteiger partial charge in [-0.05, 0) is 35.9 Å². The van der Waals surface area contributed by atoms with Gasteiger partial charge in [0.15, 0.2) is 0 Å². The predicted octanol–water partition coefficient (Wildman–Crippen LogP) is 3.57. The molecule has 0 heterocycles. The van der Waals surface area contributed by atoms with Crippen molar-refractivity contribution in [2.75, 3.05) is 0 Å². The third kappa shape index (κ3) is 3.82. The minimum absolute atomic E-state index is 0.0687. The monoisotopic (exact) mass is 352 g/mol. The van der Waals surface area contributed by atoms with E-state index in [2.05, 4.69) is 26.5 Å². The molecule has 4 nitrogen and oxygen atoms in total. The lowest BCUT2D eigenvalue weighted by atomic mass is 10.2. The van der Waals surface area contributed by atoms with Crippen molar-refractivity contribution in [3.8, 4) is 5.75 Å². The summed E-state index contributed by atoms with van der Waals surface area (Å²) in [5, 5.41) is 13.3. The van der Waals surface area contributed by atoms with Gasteiger partial charge in [0.2, 0.25) is 0 Å². The van der Waals surface area contributed by atoms with Crippen LogP contribution in [-0.2, 0) is 0 Å². The van der Waals surface area contributed by atoms with Gasteiger partial charge in [-0.2, -0.15) is 5.10 Å². The highest BCUT2D eigenvalue weighted by atomic mass is 79.9. The van der Waals surface area contributed by atoms with Crippen LogP contribution in [0.3, 0.4) is 0 Å². The first-order chi connectivity index (χ1) is 9.56. The van der Waals surface area contributed by atoms with E-state index in [4.69, 9.17) is 11.6 Å². The van der Waals surface area contributed by atoms with Crippen LogP contribution in [0.2, 0.25) is 5.02 Å². The van der Waals surface area contributed by atoms with E-state index in [0.717, 1.165) is 10.0 Å². The van der Waals surface area contributed by atoms with E-state index in [1.807, 2.05) is 24.3 Å². The van der Waals surface area contributed by atoms with E-state index in [1.54, 1.807) is 0 Å². The number of nitrogens with zero attached hydrogens (tertiary/aromatic N) is 1. The lowest BCUT2D eigenvalue weighted by molar-refractivity contribution is 0.0955. The Labute approximate surface area is 129 Å². The van der Waals surface area contributed by atoms with Crippen molar-refractivity contribution in [2.24, 2.45) is 5.10 Å². The van der Waals surface area contributed by atoms with Crippen molar-refractivity contribution < 1.29 is 9.90 Å². The van der Waals surface area contributed by atoms with Gasteiger partial charge in [0.25, 0.3) is 5.91 Å². The maximum absolute atomic E-state index is 11.8. The molecular weight excluding hydrogens is 344 g/mol. The van der Waals surface area contributed by atoms with E-state index in [9.17, 15) is 9.90 Å². The average molecular weight is 354 g/mol. The number of halogens is 2. The molecule has 2 N–H and O–H groups in total. The minimum atomic E-state index is -0.404. The van der Waals surface area contributed by atoms with Crippen LogP contribution in [0.5, 0.6) is 5.75 Å². The van der Waals surface area contributed by atoms with Crippen molar-refractivity contribution >= 4 is 39.7 Å². The first kappa shape index (κ1) is 14.6. The van der Waals surface area contributed by atoms with E-state index in [-0.39, 0.29) is 10.8 Å². The molecule has 1 amide bonds. The highest BCUT2D eigenvalue weighted by Gasteiger charge is 2.07. The molecule has 0 unspecified atom stereocenters. The number of hydrogen-bond acceptors (Lipinski definition) is 3. The van der Waals surface area contributed by atoms with Crippen LogP contribution in [-0.4, -0.2) is 17.2 Å². The SMILES string of the molecule is O=C(NN=Cc1cccc(Br)c1)c1ccc(O)c(Cl)c1. The van der Waals surface area contributed by atoms with E-state index < -0.39 is 5.91 Å². The number of carbonyl (C=O) groups excluding carboxylic acids is 1. The molecule has 0 atom stereocenters. The third-order valence-electron chi connectivity index (χ3n) is 2.44. The molecule has 2 aromatic rings. The van der Waals surface area contributed by atoms with Crippen molar-refractivity contribution in [1.29, 1.82) is 0 Å². The number of phenolic OH excluding ortho intramolecular Hbond substituents is 1. The number of amides is 1. The first-order valence-electron chi connectivity index (χ1n) is 5.64. The molecule has 0 aliphatic heterocycles. The molecule has 0 aromatic heterocycles. The van der Waals surface area contributed by atoms with Gasteiger partial charge in [0.05, 0.1) is 11.2 Å². The van der Waals surface area contributed by atoms with Crippen LogP contribution < -0.4 is 5.43 Å². The lowest BCUT2D eigenvalue weighted by Crippen LogP contribution is -2.17. The standard InChI is InChI=1S/C14H10BrClN2O2/c15-11-3-1-2-9(6-11)8-17-18-14(20)10-4-5-13(19)12(16)7-10/h1-8,19H,(H,18,20). The molecule has 0 spiro atoms. The highest BCUT2D eigenvalue weighted by Crippen LogP contribution is 2.23. The Balaban J connectivity index is 2.03. The third-order valence-corrected chi connectivity index (χ3v) is 3.23. The van der Waals surface area contributed by atoms with Gasteiger partial charge in [0, 0.05) is 10.0 Å². The summed E-state index contributed by atoms with van der Waals surface area (Å²) in [6.07, 6.45) is 1.53. The minimum Gasteiger partial charge on any atom is -0.506 e. The van der Waals surface area contributed by atoms with E-state index in [1.165, 1.54) is 24.4 Å². The van der Waals surface area contributed by atoms with Gasteiger partial charge in [0.1, 0.15) is 5.75 Å². The topological polar surface area (TPSA) is 61.7 Å². The number of carbonyl (C=O) groups is 1. The molecule has 2 aromatic carbocycles. The van der Waals surface area contributed by atoms with Crippen LogP contribution in [0.4, 0.5) is 0 Å². The zero-order valence-electron chi connectivity index (χ0n) is 10.2. The van der Waals surface area contributed by atoms with Crippen molar-refractivity contribution in [3.05, 3.63) is 63.1 Å². The molecule has 0 aliphatic carbocycles. The van der Waals surface area contributed by atoms with Crippen LogP contribution in [0.15, 0.2) is 52.0 Å². The van der Waals surface area contributed by atoms with Gasteiger partial charge in [-0.25, -0.2) is 5.43 Å². The molecule has 102 valence electrons. The van der Waals surface area contributed by atoms with E-state index >= 15 is 0 Å². The number of hydrazone groups is 1. The molecular formula is C14H10BrClN2O2. The molecule has 0 fully saturated rings. The zero-order chi connectivity index (χ0) is 14.5. The van der Waals surface area contributed by atoms with Gasteiger partial charge >= 0.3 is 0 Å². The van der Waals surface area contributed by atoms with Crippen LogP contribution >= 0.6 is 27.5 Å². The summed E-state index contributed by atoms with van der Waals surface area (Å²) in [4.78, 5) is 11.8. The Morgan fingerprint density at radius 3 is 2.80 bits per heavy atom. The fraction of sp³-hybridized carbons (Fsp3) is 0. The normalized spacial score (nSPS) is 10.7. The number of rotatable bonds is 3. The quantitative estimate of drug-likeness (QED) is 0.654. The summed E-state index contributed by atoms with van der Waals surface area (Å²) in [6, 6.07) is 11.7. The molecule has 0 aliphatic rings.